The number of carbonyl (C=O) groups is 4. The molecule has 0 spiro atoms. The van der Waals surface area contributed by atoms with Crippen molar-refractivity contribution in [3.05, 3.63) is 22.5 Å². The van der Waals surface area contributed by atoms with Gasteiger partial charge in [-0.15, -0.1) is 0 Å². The zero-order valence-electron chi connectivity index (χ0n) is 15.3. The molecule has 10 heteroatoms. The predicted octanol–water partition coefficient (Wildman–Crippen LogP) is 0.825. The van der Waals surface area contributed by atoms with Gasteiger partial charge in [0.15, 0.2) is 0 Å². The van der Waals surface area contributed by atoms with E-state index >= 15 is 0 Å². The van der Waals surface area contributed by atoms with Gasteiger partial charge in [0.2, 0.25) is 5.91 Å². The maximum Gasteiger partial charge on any atom is 0.352 e. The molecule has 1 aromatic rings. The second-order valence-electron chi connectivity index (χ2n) is 7.91. The molecule has 8 nitrogen and oxygen atoms in total. The van der Waals surface area contributed by atoms with Crippen LogP contribution in [0.1, 0.15) is 57.3 Å². The molecule has 3 aliphatic rings. The number of Topliss-reactive ketones (excluding diaryl/α,β-unsaturated/α-hetero) is 1. The summed E-state index contributed by atoms with van der Waals surface area (Å²) < 4.78 is 28.4. The zero-order chi connectivity index (χ0) is 20.6. The first-order valence-electron chi connectivity index (χ1n) is 8.94. The Morgan fingerprint density at radius 3 is 2.39 bits per heavy atom. The van der Waals surface area contributed by atoms with Crippen LogP contribution in [0.3, 0.4) is 0 Å². The van der Waals surface area contributed by atoms with Crippen molar-refractivity contribution in [2.75, 3.05) is 7.05 Å². The third kappa shape index (κ3) is 2.46. The number of hydrogen-bond donors (Lipinski definition) is 3. The van der Waals surface area contributed by atoms with E-state index in [1.54, 1.807) is 4.57 Å². The lowest BCUT2D eigenvalue weighted by molar-refractivity contribution is -0.164. The van der Waals surface area contributed by atoms with Crippen molar-refractivity contribution >= 4 is 23.6 Å². The summed E-state index contributed by atoms with van der Waals surface area (Å²) in [4.78, 5) is 49.1. The van der Waals surface area contributed by atoms with Crippen molar-refractivity contribution in [1.29, 1.82) is 0 Å². The summed E-state index contributed by atoms with van der Waals surface area (Å²) in [5.41, 5.74) is -1.17. The smallest absolute Gasteiger partial charge is 0.352 e. The summed E-state index contributed by atoms with van der Waals surface area (Å²) in [6, 6.07) is 0. The summed E-state index contributed by atoms with van der Waals surface area (Å²) >= 11 is 0. The lowest BCUT2D eigenvalue weighted by Gasteiger charge is -2.45. The first-order chi connectivity index (χ1) is 13.0. The molecule has 2 atom stereocenters. The molecule has 150 valence electrons. The van der Waals surface area contributed by atoms with Gasteiger partial charge in [0, 0.05) is 38.0 Å². The molecule has 28 heavy (non-hydrogen) atoms. The first-order valence-corrected chi connectivity index (χ1v) is 8.94. The van der Waals surface area contributed by atoms with E-state index in [1.807, 2.05) is 0 Å². The lowest BCUT2D eigenvalue weighted by Crippen LogP contribution is -2.69. The second kappa shape index (κ2) is 5.62. The van der Waals surface area contributed by atoms with Crippen molar-refractivity contribution in [3.63, 3.8) is 0 Å². The summed E-state index contributed by atoms with van der Waals surface area (Å²) in [7, 11) is 1.26. The summed E-state index contributed by atoms with van der Waals surface area (Å²) in [5.74, 6) is -7.00. The Bertz CT molecular complexity index is 944. The molecular formula is C18H19F2N3O5. The highest BCUT2D eigenvalue weighted by molar-refractivity contribution is 6.44. The van der Waals surface area contributed by atoms with Crippen LogP contribution in [-0.2, 0) is 16.1 Å². The first kappa shape index (κ1) is 18.6. The molecule has 2 amide bonds. The number of carbonyl (C=O) groups excluding carboxylic acids is 3. The van der Waals surface area contributed by atoms with Crippen molar-refractivity contribution in [2.24, 2.45) is 5.92 Å². The molecule has 0 bridgehead atoms. The number of nitrogens with one attached hydrogen (secondary N) is 2. The number of aromatic nitrogens is 1. The minimum Gasteiger partial charge on any atom is -0.477 e. The van der Waals surface area contributed by atoms with Crippen LogP contribution < -0.4 is 10.6 Å². The number of carboxylic acid groups (broad SMARTS) is 1. The average molecular weight is 395 g/mol. The number of aromatic carboxylic acids is 1. The number of carboxylic acids is 1. The Balaban J connectivity index is 1.66. The number of fused-ring (bicyclic) bond motifs is 3. The molecule has 0 saturated heterocycles. The summed E-state index contributed by atoms with van der Waals surface area (Å²) in [5, 5.41) is 13.9. The van der Waals surface area contributed by atoms with E-state index in [1.165, 1.54) is 14.0 Å². The van der Waals surface area contributed by atoms with Crippen molar-refractivity contribution in [2.45, 2.75) is 50.1 Å². The molecule has 2 heterocycles. The van der Waals surface area contributed by atoms with E-state index in [0.29, 0.717) is 12.2 Å². The molecule has 0 unspecified atom stereocenters. The van der Waals surface area contributed by atoms with E-state index in [2.05, 4.69) is 10.6 Å². The highest BCUT2D eigenvalue weighted by atomic mass is 19.3. The number of rotatable bonds is 5. The van der Waals surface area contributed by atoms with Gasteiger partial charge in [-0.2, -0.15) is 0 Å². The second-order valence-corrected chi connectivity index (χ2v) is 7.91. The Kier molecular flexibility index (Phi) is 3.73. The number of alkyl halides is 2. The van der Waals surface area contributed by atoms with Crippen LogP contribution in [-0.4, -0.2) is 51.7 Å². The van der Waals surface area contributed by atoms with E-state index in [-0.39, 0.29) is 28.7 Å². The van der Waals surface area contributed by atoms with Gasteiger partial charge in [0.1, 0.15) is 11.2 Å². The largest absolute Gasteiger partial charge is 0.477 e. The Morgan fingerprint density at radius 1 is 1.21 bits per heavy atom. The number of halogens is 2. The molecule has 2 saturated carbocycles. The van der Waals surface area contributed by atoms with Crippen molar-refractivity contribution in [1.82, 2.24) is 15.2 Å². The molecule has 2 aliphatic carbocycles. The number of hydrogen-bond acceptors (Lipinski definition) is 4. The van der Waals surface area contributed by atoms with Crippen LogP contribution >= 0.6 is 0 Å². The molecule has 0 aromatic carbocycles. The van der Waals surface area contributed by atoms with Crippen LogP contribution in [0.5, 0.6) is 0 Å². The average Bonchev–Trinajstić information content (AvgIpc) is 3.15. The van der Waals surface area contributed by atoms with Crippen LogP contribution in [0.15, 0.2) is 0 Å². The van der Waals surface area contributed by atoms with Gasteiger partial charge in [-0.25, -0.2) is 13.6 Å². The van der Waals surface area contributed by atoms with Gasteiger partial charge in [-0.1, -0.05) is 0 Å². The zero-order valence-corrected chi connectivity index (χ0v) is 15.3. The molecule has 0 radical (unpaired) electrons. The molecule has 3 N–H and O–H groups in total. The van der Waals surface area contributed by atoms with Gasteiger partial charge in [0.05, 0.1) is 5.56 Å². The van der Waals surface area contributed by atoms with Gasteiger partial charge >= 0.3 is 5.97 Å². The minimum atomic E-state index is -3.10. The normalized spacial score (nSPS) is 25.1. The quantitative estimate of drug-likeness (QED) is 0.504. The van der Waals surface area contributed by atoms with E-state index < -0.39 is 47.9 Å². The third-order valence-electron chi connectivity index (χ3n) is 6.01. The van der Waals surface area contributed by atoms with E-state index in [0.717, 1.165) is 6.42 Å². The maximum atomic E-state index is 13.4. The molecular weight excluding hydrogens is 376 g/mol. The molecule has 1 aromatic heterocycles. The third-order valence-corrected chi connectivity index (χ3v) is 6.01. The van der Waals surface area contributed by atoms with E-state index in [4.69, 9.17) is 0 Å². The Hall–Kier alpha value is -2.78. The highest BCUT2D eigenvalue weighted by Gasteiger charge is 2.62. The highest BCUT2D eigenvalue weighted by Crippen LogP contribution is 2.56. The van der Waals surface area contributed by atoms with Crippen molar-refractivity contribution < 1.29 is 33.1 Å². The number of nitrogens with zero attached hydrogens (tertiary/aromatic N) is 1. The van der Waals surface area contributed by atoms with Crippen molar-refractivity contribution in [3.8, 4) is 0 Å². The minimum absolute atomic E-state index is 0.0121. The van der Waals surface area contributed by atoms with Crippen LogP contribution in [0.2, 0.25) is 0 Å². The number of amides is 2. The molecule has 2 fully saturated rings. The Labute approximate surface area is 158 Å². The summed E-state index contributed by atoms with van der Waals surface area (Å²) in [6.07, 6.45) is -0.966. The number of likely N-dealkylation sites (N-methyl/N-ethyl adjacent to an activating group) is 1. The van der Waals surface area contributed by atoms with Gasteiger partial charge in [-0.3, -0.25) is 14.4 Å². The maximum absolute atomic E-state index is 13.4. The standard InChI is InChI=1S/C18H19F2N3O5/c1-7-10(12-9-3-8(9)4-23(12)11(7)15(26)27)13(24)14(25)22-17(16(28)21-2)5-18(19,20)6-17/h8-9H,3-6H2,1-2H3,(H,21,28)(H,22,25)(H,26,27)/t8-,9-/m1/s1. The monoisotopic (exact) mass is 395 g/mol. The Morgan fingerprint density at radius 2 is 1.86 bits per heavy atom. The van der Waals surface area contributed by atoms with Crippen LogP contribution in [0.4, 0.5) is 8.78 Å². The molecule has 1 aliphatic heterocycles. The van der Waals surface area contributed by atoms with Crippen LogP contribution in [0, 0.1) is 12.8 Å². The molecule has 4 rings (SSSR count). The summed E-state index contributed by atoms with van der Waals surface area (Å²) in [6.45, 7) is 1.93. The van der Waals surface area contributed by atoms with Crippen LogP contribution in [0.25, 0.3) is 0 Å². The van der Waals surface area contributed by atoms with Gasteiger partial charge in [-0.05, 0) is 24.8 Å². The topological polar surface area (TPSA) is 118 Å². The van der Waals surface area contributed by atoms with Gasteiger partial charge < -0.3 is 20.3 Å². The SMILES string of the molecule is CNC(=O)C1(NC(=O)C(=O)c2c(C)c(C(=O)O)n3c2[C@@H]2C[C@@H]2C3)CC(F)(F)C1. The number of ketones is 1. The predicted molar refractivity (Wildman–Crippen MR) is 90.4 cm³/mol. The fourth-order valence-electron chi connectivity index (χ4n) is 4.69. The van der Waals surface area contributed by atoms with Gasteiger partial charge in [0.25, 0.3) is 17.6 Å². The van der Waals surface area contributed by atoms with E-state index in [9.17, 15) is 33.1 Å². The lowest BCUT2D eigenvalue weighted by atomic mass is 9.72. The fourth-order valence-corrected chi connectivity index (χ4v) is 4.69. The fraction of sp³-hybridized carbons (Fsp3) is 0.556.